The molecule has 6 rings (SSSR count). The molecule has 4 aliphatic carbocycles. The maximum absolute atomic E-state index is 12.7. The monoisotopic (exact) mass is 433 g/mol. The SMILES string of the molecule is Cc1ccccc1Cc1nc2c(s1)C1CC[C@@H]3[C@H](CC[C@]4(C)C(=O)CC[C@@H]34)[C@@]1(C)CC2. The molecule has 0 spiro atoms. The second kappa shape index (κ2) is 7.01. The van der Waals surface area contributed by atoms with Crippen LogP contribution in [0.4, 0.5) is 0 Å². The molecule has 1 aromatic heterocycles. The molecule has 2 nitrogen and oxygen atoms in total. The fraction of sp³-hybridized carbons (Fsp3) is 0.643. The van der Waals surface area contributed by atoms with Crippen LogP contribution in [0.25, 0.3) is 0 Å². The average Bonchev–Trinajstić information content (AvgIpc) is 3.29. The van der Waals surface area contributed by atoms with E-state index in [1.165, 1.54) is 47.5 Å². The van der Waals surface area contributed by atoms with Gasteiger partial charge in [0.25, 0.3) is 0 Å². The lowest BCUT2D eigenvalue weighted by molar-refractivity contribution is -0.134. The molecule has 31 heavy (non-hydrogen) atoms. The highest BCUT2D eigenvalue weighted by Gasteiger charge is 2.60. The van der Waals surface area contributed by atoms with Gasteiger partial charge in [-0.05, 0) is 86.2 Å². The van der Waals surface area contributed by atoms with Crippen LogP contribution in [0, 0.1) is 35.5 Å². The maximum atomic E-state index is 12.7. The summed E-state index contributed by atoms with van der Waals surface area (Å²) in [5.41, 5.74) is 4.59. The standard InChI is InChI=1S/C28H35NOS/c1-17-6-4-5-7-18(17)16-25-29-23-13-15-27(2)21-12-14-28(3)20(10-11-24(28)30)19(21)8-9-22(27)26(23)31-25/h4-7,19-22H,8-16H2,1-3H3/t19-,20-,21-,22?,27+,28-/m0/s1. The number of rotatable bonds is 2. The Morgan fingerprint density at radius 2 is 1.87 bits per heavy atom. The second-order valence-electron chi connectivity index (χ2n) is 11.5. The predicted molar refractivity (Wildman–Crippen MR) is 127 cm³/mol. The van der Waals surface area contributed by atoms with Crippen molar-refractivity contribution >= 4 is 17.1 Å². The molecule has 0 aliphatic heterocycles. The lowest BCUT2D eigenvalue weighted by Gasteiger charge is -2.59. The molecule has 3 saturated carbocycles. The molecule has 3 heteroatoms. The van der Waals surface area contributed by atoms with Crippen molar-refractivity contribution in [2.24, 2.45) is 28.6 Å². The van der Waals surface area contributed by atoms with Crippen LogP contribution in [0.3, 0.4) is 0 Å². The van der Waals surface area contributed by atoms with Crippen molar-refractivity contribution in [2.45, 2.75) is 84.5 Å². The predicted octanol–water partition coefficient (Wildman–Crippen LogP) is 6.88. The Balaban J connectivity index is 1.30. The van der Waals surface area contributed by atoms with E-state index >= 15 is 0 Å². The van der Waals surface area contributed by atoms with Crippen molar-refractivity contribution in [1.82, 2.24) is 4.98 Å². The summed E-state index contributed by atoms with van der Waals surface area (Å²) in [4.78, 5) is 19.5. The summed E-state index contributed by atoms with van der Waals surface area (Å²) in [6, 6.07) is 8.75. The van der Waals surface area contributed by atoms with Crippen molar-refractivity contribution in [2.75, 3.05) is 0 Å². The zero-order valence-electron chi connectivity index (χ0n) is 19.2. The molecular weight excluding hydrogens is 398 g/mol. The van der Waals surface area contributed by atoms with Crippen molar-refractivity contribution in [3.05, 3.63) is 51.0 Å². The number of carbonyl (C=O) groups excluding carboxylic acids is 1. The number of nitrogens with zero attached hydrogens (tertiary/aromatic N) is 1. The lowest BCUT2D eigenvalue weighted by Crippen LogP contribution is -2.52. The number of ketones is 1. The maximum Gasteiger partial charge on any atom is 0.139 e. The summed E-state index contributed by atoms with van der Waals surface area (Å²) in [6.07, 6.45) is 10.4. The van der Waals surface area contributed by atoms with E-state index < -0.39 is 0 Å². The summed E-state index contributed by atoms with van der Waals surface area (Å²) < 4.78 is 0. The largest absolute Gasteiger partial charge is 0.299 e. The Morgan fingerprint density at radius 1 is 1.03 bits per heavy atom. The second-order valence-corrected chi connectivity index (χ2v) is 12.6. The first-order valence-corrected chi connectivity index (χ1v) is 13.3. The van der Waals surface area contributed by atoms with Crippen LogP contribution in [0.2, 0.25) is 0 Å². The van der Waals surface area contributed by atoms with Crippen LogP contribution in [-0.4, -0.2) is 10.8 Å². The van der Waals surface area contributed by atoms with Gasteiger partial charge in [-0.3, -0.25) is 4.79 Å². The number of carbonyl (C=O) groups is 1. The third-order valence-electron chi connectivity index (χ3n) is 10.2. The third kappa shape index (κ3) is 2.88. The van der Waals surface area contributed by atoms with E-state index in [9.17, 15) is 4.79 Å². The molecular formula is C28H35NOS. The molecule has 164 valence electrons. The van der Waals surface area contributed by atoms with Gasteiger partial charge >= 0.3 is 0 Å². The number of Topliss-reactive ketones (excluding diaryl/α,β-unsaturated/α-hetero) is 1. The molecule has 6 atom stereocenters. The number of benzene rings is 1. The third-order valence-corrected chi connectivity index (χ3v) is 11.4. The normalized spacial score (nSPS) is 38.9. The zero-order valence-corrected chi connectivity index (χ0v) is 20.1. The zero-order chi connectivity index (χ0) is 21.4. The van der Waals surface area contributed by atoms with E-state index in [0.29, 0.717) is 23.0 Å². The van der Waals surface area contributed by atoms with Gasteiger partial charge in [-0.15, -0.1) is 11.3 Å². The lowest BCUT2D eigenvalue weighted by atomic mass is 9.46. The van der Waals surface area contributed by atoms with E-state index in [1.54, 1.807) is 4.88 Å². The molecule has 1 unspecified atom stereocenters. The van der Waals surface area contributed by atoms with Gasteiger partial charge in [-0.1, -0.05) is 38.1 Å². The van der Waals surface area contributed by atoms with Crippen LogP contribution < -0.4 is 0 Å². The minimum atomic E-state index is -0.00457. The van der Waals surface area contributed by atoms with Gasteiger partial charge in [0.2, 0.25) is 0 Å². The molecule has 1 heterocycles. The Morgan fingerprint density at radius 3 is 2.71 bits per heavy atom. The van der Waals surface area contributed by atoms with E-state index in [4.69, 9.17) is 4.98 Å². The molecule has 0 radical (unpaired) electrons. The summed E-state index contributed by atoms with van der Waals surface area (Å²) in [7, 11) is 0. The summed E-state index contributed by atoms with van der Waals surface area (Å²) >= 11 is 2.02. The van der Waals surface area contributed by atoms with Gasteiger partial charge < -0.3 is 0 Å². The highest BCUT2D eigenvalue weighted by Crippen LogP contribution is 2.67. The Bertz CT molecular complexity index is 1040. The molecule has 1 aromatic carbocycles. The minimum Gasteiger partial charge on any atom is -0.299 e. The molecule has 0 bridgehead atoms. The Labute approximate surface area is 190 Å². The molecule has 2 aromatic rings. The molecule has 0 saturated heterocycles. The number of aryl methyl sites for hydroxylation is 2. The van der Waals surface area contributed by atoms with E-state index in [2.05, 4.69) is 45.0 Å². The highest BCUT2D eigenvalue weighted by molar-refractivity contribution is 7.11. The van der Waals surface area contributed by atoms with Gasteiger partial charge in [0, 0.05) is 29.1 Å². The molecule has 4 aliphatic rings. The number of hydrogen-bond acceptors (Lipinski definition) is 3. The van der Waals surface area contributed by atoms with Gasteiger partial charge in [-0.2, -0.15) is 0 Å². The van der Waals surface area contributed by atoms with Gasteiger partial charge in [0.1, 0.15) is 5.78 Å². The van der Waals surface area contributed by atoms with E-state index in [1.807, 2.05) is 11.3 Å². The molecule has 0 N–H and O–H groups in total. The first-order chi connectivity index (χ1) is 14.9. The van der Waals surface area contributed by atoms with Crippen molar-refractivity contribution in [3.63, 3.8) is 0 Å². The molecule has 0 amide bonds. The summed E-state index contributed by atoms with van der Waals surface area (Å²) in [6.45, 7) is 7.13. The Kier molecular flexibility index (Phi) is 4.55. The van der Waals surface area contributed by atoms with Crippen LogP contribution in [0.15, 0.2) is 24.3 Å². The van der Waals surface area contributed by atoms with Crippen LogP contribution >= 0.6 is 11.3 Å². The van der Waals surface area contributed by atoms with Crippen molar-refractivity contribution < 1.29 is 4.79 Å². The summed E-state index contributed by atoms with van der Waals surface area (Å²) in [5.74, 6) is 3.47. The van der Waals surface area contributed by atoms with Crippen LogP contribution in [0.1, 0.15) is 91.4 Å². The fourth-order valence-corrected chi connectivity index (χ4v) is 9.75. The number of aromatic nitrogens is 1. The van der Waals surface area contributed by atoms with Gasteiger partial charge in [0.15, 0.2) is 0 Å². The minimum absolute atomic E-state index is 0.00457. The van der Waals surface area contributed by atoms with E-state index in [-0.39, 0.29) is 5.41 Å². The number of thiazole rings is 1. The highest BCUT2D eigenvalue weighted by atomic mass is 32.1. The van der Waals surface area contributed by atoms with Crippen molar-refractivity contribution in [1.29, 1.82) is 0 Å². The summed E-state index contributed by atoms with van der Waals surface area (Å²) in [5, 5.41) is 1.31. The Hall–Kier alpha value is -1.48. The quantitative estimate of drug-likeness (QED) is 0.516. The van der Waals surface area contributed by atoms with Crippen LogP contribution in [-0.2, 0) is 17.6 Å². The van der Waals surface area contributed by atoms with E-state index in [0.717, 1.165) is 43.9 Å². The molecule has 3 fully saturated rings. The first kappa shape index (κ1) is 20.1. The van der Waals surface area contributed by atoms with Crippen molar-refractivity contribution in [3.8, 4) is 0 Å². The van der Waals surface area contributed by atoms with Gasteiger partial charge in [0.05, 0.1) is 10.7 Å². The topological polar surface area (TPSA) is 30.0 Å². The smallest absolute Gasteiger partial charge is 0.139 e. The van der Waals surface area contributed by atoms with Crippen LogP contribution in [0.5, 0.6) is 0 Å². The van der Waals surface area contributed by atoms with Gasteiger partial charge in [-0.25, -0.2) is 4.98 Å². The first-order valence-electron chi connectivity index (χ1n) is 12.5. The fourth-order valence-electron chi connectivity index (χ4n) is 8.32. The number of fused-ring (bicyclic) bond motifs is 7. The number of hydrogen-bond donors (Lipinski definition) is 0. The average molecular weight is 434 g/mol.